The topological polar surface area (TPSA) is 78.8 Å². The van der Waals surface area contributed by atoms with Crippen LogP contribution in [0.4, 0.5) is 24.7 Å². The molecule has 4 aromatic rings. The molecule has 2 aromatic carbocycles. The number of hydrogen-bond acceptors (Lipinski definition) is 4. The summed E-state index contributed by atoms with van der Waals surface area (Å²) >= 11 is 0. The molecule has 0 atom stereocenters. The molecule has 0 aliphatic rings. The molecule has 9 heteroatoms. The number of rotatable bonds is 4. The number of nitrogens with zero attached hydrogens (tertiary/aromatic N) is 3. The maximum absolute atomic E-state index is 13.2. The van der Waals surface area contributed by atoms with Crippen LogP contribution >= 0.6 is 0 Å². The minimum atomic E-state index is -4.61. The summed E-state index contributed by atoms with van der Waals surface area (Å²) in [5.41, 5.74) is 1.17. The largest absolute Gasteiger partial charge is 0.508 e. The Labute approximate surface area is 157 Å². The first-order valence-corrected chi connectivity index (χ1v) is 8.23. The Bertz CT molecular complexity index is 1090. The molecule has 2 heterocycles. The molecule has 0 amide bonds. The minimum absolute atomic E-state index is 0.197. The number of benzene rings is 2. The van der Waals surface area contributed by atoms with Crippen molar-refractivity contribution in [2.75, 3.05) is 5.32 Å². The van der Waals surface area contributed by atoms with Gasteiger partial charge in [-0.1, -0.05) is 12.1 Å². The number of alkyl halides is 3. The smallest absolute Gasteiger partial charge is 0.418 e. The van der Waals surface area contributed by atoms with Crippen LogP contribution in [0.25, 0.3) is 16.9 Å². The van der Waals surface area contributed by atoms with Crippen molar-refractivity contribution in [3.05, 3.63) is 72.6 Å². The lowest BCUT2D eigenvalue weighted by atomic mass is 10.1. The second kappa shape index (κ2) is 6.76. The fourth-order valence-corrected chi connectivity index (χ4v) is 2.76. The van der Waals surface area contributed by atoms with E-state index >= 15 is 0 Å². The summed E-state index contributed by atoms with van der Waals surface area (Å²) in [4.78, 5) is 0. The summed E-state index contributed by atoms with van der Waals surface area (Å²) in [5.74, 6) is -0.236. The van der Waals surface area contributed by atoms with Gasteiger partial charge >= 0.3 is 6.18 Å². The molecular weight excluding hydrogens is 371 g/mol. The molecule has 0 spiro atoms. The van der Waals surface area contributed by atoms with Crippen LogP contribution in [-0.4, -0.2) is 25.1 Å². The van der Waals surface area contributed by atoms with Crippen LogP contribution < -0.4 is 5.32 Å². The van der Waals surface area contributed by atoms with Crippen LogP contribution in [0.5, 0.6) is 5.75 Å². The van der Waals surface area contributed by atoms with Crippen molar-refractivity contribution in [1.29, 1.82) is 0 Å². The molecule has 4 rings (SSSR count). The number of hydrogen-bond donors (Lipinski definition) is 3. The van der Waals surface area contributed by atoms with Gasteiger partial charge in [-0.2, -0.15) is 23.4 Å². The third-order valence-corrected chi connectivity index (χ3v) is 4.10. The van der Waals surface area contributed by atoms with E-state index in [4.69, 9.17) is 0 Å². The molecule has 28 heavy (non-hydrogen) atoms. The van der Waals surface area contributed by atoms with Gasteiger partial charge in [-0.3, -0.25) is 5.10 Å². The molecule has 0 radical (unpaired) electrons. The van der Waals surface area contributed by atoms with Crippen molar-refractivity contribution in [2.24, 2.45) is 0 Å². The molecule has 0 saturated carbocycles. The third-order valence-electron chi connectivity index (χ3n) is 4.10. The highest BCUT2D eigenvalue weighted by Crippen LogP contribution is 2.38. The fourth-order valence-electron chi connectivity index (χ4n) is 2.76. The van der Waals surface area contributed by atoms with E-state index in [2.05, 4.69) is 20.6 Å². The van der Waals surface area contributed by atoms with E-state index in [1.54, 1.807) is 16.9 Å². The summed E-state index contributed by atoms with van der Waals surface area (Å²) in [7, 11) is 0. The number of aromatic nitrogens is 4. The Morgan fingerprint density at radius 1 is 1.04 bits per heavy atom. The summed E-state index contributed by atoms with van der Waals surface area (Å²) in [5, 5.41) is 23.0. The van der Waals surface area contributed by atoms with E-state index in [0.717, 1.165) is 17.3 Å². The fraction of sp³-hybridized carbons (Fsp3) is 0.0526. The highest BCUT2D eigenvalue weighted by Gasteiger charge is 2.34. The van der Waals surface area contributed by atoms with Crippen LogP contribution in [0, 0.1) is 0 Å². The molecule has 0 aliphatic carbocycles. The van der Waals surface area contributed by atoms with Gasteiger partial charge in [0.15, 0.2) is 5.82 Å². The highest BCUT2D eigenvalue weighted by atomic mass is 19.4. The van der Waals surface area contributed by atoms with Crippen LogP contribution in [0.3, 0.4) is 0 Å². The van der Waals surface area contributed by atoms with Crippen LogP contribution in [0.2, 0.25) is 0 Å². The average Bonchev–Trinajstić information content (AvgIpc) is 3.35. The molecule has 0 aliphatic heterocycles. The first kappa shape index (κ1) is 17.7. The Morgan fingerprint density at radius 3 is 2.50 bits per heavy atom. The summed E-state index contributed by atoms with van der Waals surface area (Å²) < 4.78 is 41.2. The summed E-state index contributed by atoms with van der Waals surface area (Å²) in [6.45, 7) is 0. The van der Waals surface area contributed by atoms with Crippen LogP contribution in [0.15, 0.2) is 67.0 Å². The lowest BCUT2D eigenvalue weighted by Crippen LogP contribution is -2.08. The average molecular weight is 385 g/mol. The Hall–Kier alpha value is -3.75. The predicted molar refractivity (Wildman–Crippen MR) is 97.5 cm³/mol. The van der Waals surface area contributed by atoms with Gasteiger partial charge < -0.3 is 10.4 Å². The number of halogens is 3. The molecule has 142 valence electrons. The Morgan fingerprint density at radius 2 is 1.82 bits per heavy atom. The monoisotopic (exact) mass is 385 g/mol. The number of phenolic OH excluding ortho intramolecular Hbond substituents is 1. The highest BCUT2D eigenvalue weighted by molar-refractivity contribution is 5.68. The first-order valence-electron chi connectivity index (χ1n) is 8.23. The maximum Gasteiger partial charge on any atom is 0.418 e. The molecule has 0 unspecified atom stereocenters. The molecule has 3 N–H and O–H groups in total. The molecule has 0 bridgehead atoms. The number of H-pyrrole nitrogens is 1. The second-order valence-corrected chi connectivity index (χ2v) is 6.02. The van der Waals surface area contributed by atoms with Crippen molar-refractivity contribution in [1.82, 2.24) is 20.0 Å². The number of aromatic hydroxyl groups is 1. The lowest BCUT2D eigenvalue weighted by Gasteiger charge is -2.13. The van der Waals surface area contributed by atoms with Gasteiger partial charge in [-0.15, -0.1) is 0 Å². The van der Waals surface area contributed by atoms with Gasteiger partial charge in [0.25, 0.3) is 0 Å². The van der Waals surface area contributed by atoms with E-state index < -0.39 is 17.5 Å². The van der Waals surface area contributed by atoms with Gasteiger partial charge in [0, 0.05) is 18.5 Å². The Kier molecular flexibility index (Phi) is 4.26. The van der Waals surface area contributed by atoms with Crippen molar-refractivity contribution in [3.63, 3.8) is 0 Å². The van der Waals surface area contributed by atoms with E-state index in [1.807, 2.05) is 36.5 Å². The SMILES string of the molecule is Oc1ccc(Nc2cc(-c3ccc(-n4cccn4)cc3)[nH]n2)c(C(F)(F)F)c1. The quantitative estimate of drug-likeness (QED) is 0.444. The molecule has 0 fully saturated rings. The number of anilines is 2. The minimum Gasteiger partial charge on any atom is -0.508 e. The Balaban J connectivity index is 1.57. The maximum atomic E-state index is 13.2. The molecule has 0 saturated heterocycles. The normalized spacial score (nSPS) is 11.5. The standard InChI is InChI=1S/C19H14F3N5O/c20-19(21,22)15-10-14(28)6-7-16(15)24-18-11-17(25-26-18)12-2-4-13(5-3-12)27-9-1-8-23-27/h1-11,28H,(H2,24,25,26). The zero-order valence-corrected chi connectivity index (χ0v) is 14.3. The zero-order valence-electron chi connectivity index (χ0n) is 14.3. The van der Waals surface area contributed by atoms with Crippen molar-refractivity contribution < 1.29 is 18.3 Å². The zero-order chi connectivity index (χ0) is 19.7. The van der Waals surface area contributed by atoms with Crippen molar-refractivity contribution in [3.8, 4) is 22.7 Å². The van der Waals surface area contributed by atoms with Gasteiger partial charge in [0.2, 0.25) is 0 Å². The van der Waals surface area contributed by atoms with Crippen LogP contribution in [-0.2, 0) is 6.18 Å². The van der Waals surface area contributed by atoms with E-state index in [9.17, 15) is 18.3 Å². The van der Waals surface area contributed by atoms with E-state index in [-0.39, 0.29) is 11.5 Å². The van der Waals surface area contributed by atoms with Gasteiger partial charge in [-0.05, 0) is 42.0 Å². The van der Waals surface area contributed by atoms with Crippen molar-refractivity contribution >= 4 is 11.5 Å². The van der Waals surface area contributed by atoms with E-state index in [0.29, 0.717) is 11.8 Å². The lowest BCUT2D eigenvalue weighted by molar-refractivity contribution is -0.137. The first-order chi connectivity index (χ1) is 13.4. The summed E-state index contributed by atoms with van der Waals surface area (Å²) in [6.07, 6.45) is -1.11. The predicted octanol–water partition coefficient (Wildman–Crippen LogP) is 4.73. The van der Waals surface area contributed by atoms with Crippen molar-refractivity contribution in [2.45, 2.75) is 6.18 Å². The number of aromatic amines is 1. The van der Waals surface area contributed by atoms with E-state index in [1.165, 1.54) is 6.07 Å². The molecule has 6 nitrogen and oxygen atoms in total. The number of phenols is 1. The summed E-state index contributed by atoms with van der Waals surface area (Å²) in [6, 6.07) is 13.9. The second-order valence-electron chi connectivity index (χ2n) is 6.02. The van der Waals surface area contributed by atoms with Gasteiger partial charge in [0.1, 0.15) is 5.75 Å². The van der Waals surface area contributed by atoms with Gasteiger partial charge in [0.05, 0.1) is 22.6 Å². The molecular formula is C19H14F3N5O. The van der Waals surface area contributed by atoms with Gasteiger partial charge in [-0.25, -0.2) is 4.68 Å². The molecule has 2 aromatic heterocycles. The third kappa shape index (κ3) is 3.54. The number of nitrogens with one attached hydrogen (secondary N) is 2. The van der Waals surface area contributed by atoms with Crippen LogP contribution in [0.1, 0.15) is 5.56 Å².